The maximum Gasteiger partial charge on any atom is 0.337 e. The third-order valence-corrected chi connectivity index (χ3v) is 3.44. The molecule has 1 unspecified atom stereocenters. The number of carbonyl (C=O) groups is 1. The average molecular weight is 333 g/mol. The number of halogens is 1. The molecule has 0 saturated carbocycles. The molecule has 0 aliphatic rings. The summed E-state index contributed by atoms with van der Waals surface area (Å²) in [6.07, 6.45) is -1.62. The molecule has 6 heteroatoms. The monoisotopic (exact) mass is 332 g/mol. The molecule has 0 spiro atoms. The number of hydrogen-bond donors (Lipinski definition) is 2. The van der Waals surface area contributed by atoms with Crippen LogP contribution in [0.3, 0.4) is 0 Å². The Morgan fingerprint density at radius 3 is 2.21 bits per heavy atom. The molecule has 1 aromatic rings. The van der Waals surface area contributed by atoms with Gasteiger partial charge in [0.05, 0.1) is 14.2 Å². The van der Waals surface area contributed by atoms with E-state index in [1.165, 1.54) is 14.2 Å². The first-order chi connectivity index (χ1) is 8.84. The van der Waals surface area contributed by atoms with Crippen LogP contribution in [0.1, 0.15) is 37.0 Å². The predicted molar refractivity (Wildman–Crippen MR) is 73.9 cm³/mol. The number of aliphatic carboxylic acids is 1. The molecule has 0 bridgehead atoms. The molecule has 106 valence electrons. The standard InChI is InChI=1S/C13H17BrO5/c1-6(2)9-10(11(15)13(16)17)7(14)5-8(18-3)12(9)19-4/h5-6,11,15H,1-4H3,(H,16,17). The van der Waals surface area contributed by atoms with E-state index in [0.29, 0.717) is 27.1 Å². The second-order valence-corrected chi connectivity index (χ2v) is 5.17. The van der Waals surface area contributed by atoms with Gasteiger partial charge in [-0.15, -0.1) is 0 Å². The van der Waals surface area contributed by atoms with Gasteiger partial charge < -0.3 is 19.7 Å². The molecule has 1 rings (SSSR count). The molecular weight excluding hydrogens is 316 g/mol. The Morgan fingerprint density at radius 1 is 1.26 bits per heavy atom. The van der Waals surface area contributed by atoms with Crippen LogP contribution in [0.5, 0.6) is 11.5 Å². The van der Waals surface area contributed by atoms with E-state index in [0.717, 1.165) is 0 Å². The number of hydrogen-bond acceptors (Lipinski definition) is 4. The SMILES string of the molecule is COc1cc(Br)c(C(O)C(=O)O)c(C(C)C)c1OC. The van der Waals surface area contributed by atoms with Crippen molar-refractivity contribution in [3.05, 3.63) is 21.7 Å². The highest BCUT2D eigenvalue weighted by atomic mass is 79.9. The molecule has 2 N–H and O–H groups in total. The van der Waals surface area contributed by atoms with E-state index in [4.69, 9.17) is 14.6 Å². The Kier molecular flexibility index (Phi) is 5.20. The Morgan fingerprint density at radius 2 is 1.84 bits per heavy atom. The number of aliphatic hydroxyl groups excluding tert-OH is 1. The van der Waals surface area contributed by atoms with Gasteiger partial charge in [0, 0.05) is 15.6 Å². The molecule has 0 amide bonds. The fraction of sp³-hybridized carbons (Fsp3) is 0.462. The Bertz CT molecular complexity index is 484. The summed E-state index contributed by atoms with van der Waals surface area (Å²) in [5, 5.41) is 18.9. The van der Waals surface area contributed by atoms with Gasteiger partial charge in [-0.05, 0) is 12.0 Å². The maximum absolute atomic E-state index is 11.0. The van der Waals surface area contributed by atoms with Gasteiger partial charge in [0.1, 0.15) is 0 Å². The fourth-order valence-corrected chi connectivity index (χ4v) is 2.62. The van der Waals surface area contributed by atoms with Gasteiger partial charge in [0.2, 0.25) is 0 Å². The van der Waals surface area contributed by atoms with Gasteiger partial charge in [-0.3, -0.25) is 0 Å². The lowest BCUT2D eigenvalue weighted by atomic mass is 9.92. The van der Waals surface area contributed by atoms with Crippen molar-refractivity contribution in [2.45, 2.75) is 25.9 Å². The summed E-state index contributed by atoms with van der Waals surface area (Å²) in [6, 6.07) is 1.59. The summed E-state index contributed by atoms with van der Waals surface area (Å²) in [5.41, 5.74) is 0.906. The summed E-state index contributed by atoms with van der Waals surface area (Å²) < 4.78 is 11.0. The van der Waals surface area contributed by atoms with Crippen molar-refractivity contribution in [2.24, 2.45) is 0 Å². The molecule has 19 heavy (non-hydrogen) atoms. The van der Waals surface area contributed by atoms with Gasteiger partial charge in [0.15, 0.2) is 17.6 Å². The van der Waals surface area contributed by atoms with Crippen LogP contribution >= 0.6 is 15.9 Å². The topological polar surface area (TPSA) is 76.0 Å². The molecule has 0 heterocycles. The number of carboxylic acid groups (broad SMARTS) is 1. The van der Waals surface area contributed by atoms with Crippen LogP contribution in [0.25, 0.3) is 0 Å². The second kappa shape index (κ2) is 6.25. The van der Waals surface area contributed by atoms with Crippen molar-refractivity contribution in [1.29, 1.82) is 0 Å². The van der Waals surface area contributed by atoms with Gasteiger partial charge in [0.25, 0.3) is 0 Å². The van der Waals surface area contributed by atoms with Gasteiger partial charge >= 0.3 is 5.97 Å². The summed E-state index contributed by atoms with van der Waals surface area (Å²) in [7, 11) is 2.98. The third-order valence-electron chi connectivity index (χ3n) is 2.78. The lowest BCUT2D eigenvalue weighted by Gasteiger charge is -2.22. The van der Waals surface area contributed by atoms with Gasteiger partial charge in [-0.1, -0.05) is 29.8 Å². The first-order valence-corrected chi connectivity index (χ1v) is 6.49. The first kappa shape index (κ1) is 15.8. The quantitative estimate of drug-likeness (QED) is 0.866. The van der Waals surface area contributed by atoms with Crippen LogP contribution < -0.4 is 9.47 Å². The molecule has 0 radical (unpaired) electrons. The van der Waals surface area contributed by atoms with Crippen LogP contribution in [-0.2, 0) is 4.79 Å². The largest absolute Gasteiger partial charge is 0.493 e. The highest BCUT2D eigenvalue weighted by Crippen LogP contribution is 2.44. The minimum atomic E-state index is -1.62. The van der Waals surface area contributed by atoms with Gasteiger partial charge in [-0.25, -0.2) is 4.79 Å². The van der Waals surface area contributed by atoms with Crippen LogP contribution in [0.4, 0.5) is 0 Å². The van der Waals surface area contributed by atoms with E-state index in [9.17, 15) is 9.90 Å². The molecule has 0 aliphatic carbocycles. The molecule has 0 fully saturated rings. The second-order valence-electron chi connectivity index (χ2n) is 4.32. The molecule has 1 aromatic carbocycles. The number of rotatable bonds is 5. The minimum Gasteiger partial charge on any atom is -0.493 e. The summed E-state index contributed by atoms with van der Waals surface area (Å²) in [5.74, 6) is -0.421. The van der Waals surface area contributed by atoms with E-state index >= 15 is 0 Å². The lowest BCUT2D eigenvalue weighted by Crippen LogP contribution is -2.15. The third kappa shape index (κ3) is 3.01. The average Bonchev–Trinajstić information content (AvgIpc) is 2.35. The normalized spacial score (nSPS) is 12.4. The highest BCUT2D eigenvalue weighted by molar-refractivity contribution is 9.10. The van der Waals surface area contributed by atoms with Crippen molar-refractivity contribution >= 4 is 21.9 Å². The zero-order chi connectivity index (χ0) is 14.7. The number of ether oxygens (including phenoxy) is 2. The first-order valence-electron chi connectivity index (χ1n) is 5.70. The summed E-state index contributed by atoms with van der Waals surface area (Å²) in [4.78, 5) is 11.0. The molecule has 5 nitrogen and oxygen atoms in total. The summed E-state index contributed by atoms with van der Waals surface area (Å²) >= 11 is 3.28. The van der Waals surface area contributed by atoms with E-state index in [1.807, 2.05) is 13.8 Å². The fourth-order valence-electron chi connectivity index (χ4n) is 1.98. The lowest BCUT2D eigenvalue weighted by molar-refractivity contribution is -0.147. The van der Waals surface area contributed by atoms with Crippen LogP contribution in [0.2, 0.25) is 0 Å². The number of aliphatic hydroxyl groups is 1. The molecular formula is C13H17BrO5. The van der Waals surface area contributed by atoms with E-state index < -0.39 is 12.1 Å². The van der Waals surface area contributed by atoms with Crippen LogP contribution in [0, 0.1) is 0 Å². The van der Waals surface area contributed by atoms with Crippen LogP contribution in [-0.4, -0.2) is 30.4 Å². The predicted octanol–water partition coefficient (Wildman–Crippen LogP) is 2.71. The van der Waals surface area contributed by atoms with Crippen molar-refractivity contribution in [3.8, 4) is 11.5 Å². The number of methoxy groups -OCH3 is 2. The zero-order valence-corrected chi connectivity index (χ0v) is 12.8. The zero-order valence-electron chi connectivity index (χ0n) is 11.2. The number of carboxylic acids is 1. The molecule has 1 atom stereocenters. The molecule has 0 saturated heterocycles. The Labute approximate surface area is 120 Å². The smallest absolute Gasteiger partial charge is 0.337 e. The maximum atomic E-state index is 11.0. The van der Waals surface area contributed by atoms with Crippen molar-refractivity contribution in [1.82, 2.24) is 0 Å². The van der Waals surface area contributed by atoms with Crippen molar-refractivity contribution in [2.75, 3.05) is 14.2 Å². The molecule has 0 aliphatic heterocycles. The molecule has 0 aromatic heterocycles. The summed E-state index contributed by atoms with van der Waals surface area (Å²) in [6.45, 7) is 3.78. The Hall–Kier alpha value is -1.27. The van der Waals surface area contributed by atoms with Crippen LogP contribution in [0.15, 0.2) is 10.5 Å². The minimum absolute atomic E-state index is 0.0367. The highest BCUT2D eigenvalue weighted by Gasteiger charge is 2.28. The Balaban J connectivity index is 3.66. The van der Waals surface area contributed by atoms with Crippen molar-refractivity contribution in [3.63, 3.8) is 0 Å². The van der Waals surface area contributed by atoms with Gasteiger partial charge in [-0.2, -0.15) is 0 Å². The van der Waals surface area contributed by atoms with E-state index in [-0.39, 0.29) is 5.92 Å². The van der Waals surface area contributed by atoms with Crippen molar-refractivity contribution < 1.29 is 24.5 Å². The van der Waals surface area contributed by atoms with E-state index in [2.05, 4.69) is 15.9 Å². The number of benzene rings is 1. The van der Waals surface area contributed by atoms with E-state index in [1.54, 1.807) is 6.07 Å².